The van der Waals surface area contributed by atoms with Gasteiger partial charge in [-0.15, -0.1) is 0 Å². The number of piperidine rings is 1. The number of aliphatic carboxylic acids is 1. The number of aliphatic hydroxyl groups excluding tert-OH is 1. The van der Waals surface area contributed by atoms with Crippen LogP contribution in [0.4, 0.5) is 0 Å². The maximum Gasteiger partial charge on any atom is 0.310 e. The molecule has 0 aromatic heterocycles. The van der Waals surface area contributed by atoms with Gasteiger partial charge in [0.25, 0.3) is 0 Å². The number of likely N-dealkylation sites (tertiary alicyclic amines) is 1. The zero-order chi connectivity index (χ0) is 15.9. The van der Waals surface area contributed by atoms with Gasteiger partial charge in [0.15, 0.2) is 0 Å². The molecule has 22 heavy (non-hydrogen) atoms. The van der Waals surface area contributed by atoms with Crippen molar-refractivity contribution in [1.29, 1.82) is 0 Å². The van der Waals surface area contributed by atoms with Gasteiger partial charge >= 0.3 is 5.97 Å². The number of nitrogens with zero attached hydrogens (tertiary/aromatic N) is 1. The Morgan fingerprint density at radius 3 is 2.64 bits per heavy atom. The van der Waals surface area contributed by atoms with Crippen LogP contribution in [0.3, 0.4) is 0 Å². The van der Waals surface area contributed by atoms with E-state index in [1.807, 2.05) is 24.3 Å². The summed E-state index contributed by atoms with van der Waals surface area (Å²) in [4.78, 5) is 13.1. The van der Waals surface area contributed by atoms with Crippen molar-refractivity contribution in [2.75, 3.05) is 33.4 Å². The predicted octanol–water partition coefficient (Wildman–Crippen LogP) is 1.23. The number of methoxy groups -OCH3 is 1. The van der Waals surface area contributed by atoms with Crippen molar-refractivity contribution in [2.24, 2.45) is 5.92 Å². The molecular weight excluding hydrogens is 286 g/mol. The van der Waals surface area contributed by atoms with Crippen LogP contribution < -0.4 is 9.47 Å². The summed E-state index contributed by atoms with van der Waals surface area (Å²) in [6, 6.07) is 7.41. The average Bonchev–Trinajstić information content (AvgIpc) is 2.53. The monoisotopic (exact) mass is 309 g/mol. The normalized spacial score (nSPS) is 22.3. The van der Waals surface area contributed by atoms with Crippen molar-refractivity contribution in [3.63, 3.8) is 0 Å². The highest BCUT2D eigenvalue weighted by Gasteiger charge is 2.32. The van der Waals surface area contributed by atoms with Gasteiger partial charge in [-0.3, -0.25) is 4.79 Å². The quantitative estimate of drug-likeness (QED) is 0.738. The van der Waals surface area contributed by atoms with Crippen molar-refractivity contribution in [3.05, 3.63) is 24.3 Å². The SMILES string of the molecule is COc1ccc(OCCCN2CC[C@H](O)[C@@H](C(=O)O)C2)cc1. The Morgan fingerprint density at radius 1 is 1.32 bits per heavy atom. The number of carbonyl (C=O) groups is 1. The molecule has 1 aliphatic heterocycles. The highest BCUT2D eigenvalue weighted by molar-refractivity contribution is 5.71. The summed E-state index contributed by atoms with van der Waals surface area (Å²) in [5.41, 5.74) is 0. The van der Waals surface area contributed by atoms with E-state index in [1.165, 1.54) is 0 Å². The molecule has 0 amide bonds. The lowest BCUT2D eigenvalue weighted by Crippen LogP contribution is -2.46. The molecule has 1 aliphatic rings. The van der Waals surface area contributed by atoms with Gasteiger partial charge in [-0.2, -0.15) is 0 Å². The van der Waals surface area contributed by atoms with Crippen LogP contribution in [-0.4, -0.2) is 60.5 Å². The van der Waals surface area contributed by atoms with Crippen LogP contribution in [0, 0.1) is 5.92 Å². The summed E-state index contributed by atoms with van der Waals surface area (Å²) in [6.45, 7) is 2.47. The molecule has 0 bridgehead atoms. The molecule has 1 saturated heterocycles. The zero-order valence-electron chi connectivity index (χ0n) is 12.8. The van der Waals surface area contributed by atoms with E-state index in [-0.39, 0.29) is 0 Å². The van der Waals surface area contributed by atoms with Crippen molar-refractivity contribution in [2.45, 2.75) is 18.9 Å². The Morgan fingerprint density at radius 2 is 2.00 bits per heavy atom. The fourth-order valence-corrected chi connectivity index (χ4v) is 2.60. The molecule has 2 N–H and O–H groups in total. The summed E-state index contributed by atoms with van der Waals surface area (Å²) < 4.78 is 10.7. The van der Waals surface area contributed by atoms with Crippen LogP contribution in [0.5, 0.6) is 11.5 Å². The van der Waals surface area contributed by atoms with E-state index >= 15 is 0 Å². The molecule has 122 valence electrons. The Hall–Kier alpha value is -1.79. The summed E-state index contributed by atoms with van der Waals surface area (Å²) in [5, 5.41) is 18.7. The van der Waals surface area contributed by atoms with Gasteiger partial charge in [0.2, 0.25) is 0 Å². The minimum Gasteiger partial charge on any atom is -0.497 e. The van der Waals surface area contributed by atoms with Crippen molar-refractivity contribution in [1.82, 2.24) is 4.90 Å². The topological polar surface area (TPSA) is 79.2 Å². The summed E-state index contributed by atoms with van der Waals surface area (Å²) in [5.74, 6) is -0.0276. The fraction of sp³-hybridized carbons (Fsp3) is 0.562. The van der Waals surface area contributed by atoms with Gasteiger partial charge < -0.3 is 24.6 Å². The fourth-order valence-electron chi connectivity index (χ4n) is 2.60. The summed E-state index contributed by atoms with van der Waals surface area (Å²) >= 11 is 0. The van der Waals surface area contributed by atoms with Crippen LogP contribution in [0.15, 0.2) is 24.3 Å². The van der Waals surface area contributed by atoms with Crippen LogP contribution in [0.25, 0.3) is 0 Å². The first-order valence-corrected chi connectivity index (χ1v) is 7.50. The number of benzene rings is 1. The molecule has 0 aliphatic carbocycles. The molecular formula is C16H23NO5. The van der Waals surface area contributed by atoms with E-state index in [2.05, 4.69) is 4.90 Å². The highest BCUT2D eigenvalue weighted by Crippen LogP contribution is 2.19. The largest absolute Gasteiger partial charge is 0.497 e. The van der Waals surface area contributed by atoms with Crippen molar-refractivity contribution in [3.8, 4) is 11.5 Å². The molecule has 2 atom stereocenters. The number of rotatable bonds is 7. The second-order valence-corrected chi connectivity index (χ2v) is 5.48. The van der Waals surface area contributed by atoms with Gasteiger partial charge in [-0.05, 0) is 37.1 Å². The summed E-state index contributed by atoms with van der Waals surface area (Å²) in [6.07, 6.45) is 0.592. The maximum absolute atomic E-state index is 11.1. The van der Waals surface area contributed by atoms with E-state index in [9.17, 15) is 9.90 Å². The molecule has 6 heteroatoms. The van der Waals surface area contributed by atoms with E-state index in [1.54, 1.807) is 7.11 Å². The number of hydrogen-bond acceptors (Lipinski definition) is 5. The number of hydrogen-bond donors (Lipinski definition) is 2. The third-order valence-corrected chi connectivity index (χ3v) is 3.92. The molecule has 1 aromatic rings. The van der Waals surface area contributed by atoms with Gasteiger partial charge in [0.05, 0.1) is 25.7 Å². The maximum atomic E-state index is 11.1. The van der Waals surface area contributed by atoms with Crippen molar-refractivity contribution < 1.29 is 24.5 Å². The predicted molar refractivity (Wildman–Crippen MR) is 81.3 cm³/mol. The average molecular weight is 309 g/mol. The molecule has 0 spiro atoms. The van der Waals surface area contributed by atoms with Crippen LogP contribution >= 0.6 is 0 Å². The highest BCUT2D eigenvalue weighted by atomic mass is 16.5. The van der Waals surface area contributed by atoms with Gasteiger partial charge in [-0.1, -0.05) is 0 Å². The first kappa shape index (κ1) is 16.6. The number of carboxylic acid groups (broad SMARTS) is 1. The minimum atomic E-state index is -0.924. The summed E-state index contributed by atoms with van der Waals surface area (Å²) in [7, 11) is 1.62. The Balaban J connectivity index is 1.68. The number of aliphatic hydroxyl groups is 1. The first-order chi connectivity index (χ1) is 10.6. The van der Waals surface area contributed by atoms with E-state index in [4.69, 9.17) is 14.6 Å². The lowest BCUT2D eigenvalue weighted by molar-refractivity contribution is -0.148. The second-order valence-electron chi connectivity index (χ2n) is 5.48. The zero-order valence-corrected chi connectivity index (χ0v) is 12.8. The number of carboxylic acids is 1. The lowest BCUT2D eigenvalue weighted by Gasteiger charge is -2.33. The molecule has 0 radical (unpaired) electrons. The molecule has 0 saturated carbocycles. The van der Waals surface area contributed by atoms with E-state index < -0.39 is 18.0 Å². The molecule has 2 rings (SSSR count). The van der Waals surface area contributed by atoms with Crippen molar-refractivity contribution >= 4 is 5.97 Å². The van der Waals surface area contributed by atoms with Crippen LogP contribution in [0.2, 0.25) is 0 Å². The minimum absolute atomic E-state index is 0.402. The first-order valence-electron chi connectivity index (χ1n) is 7.50. The lowest BCUT2D eigenvalue weighted by atomic mass is 9.95. The molecule has 1 heterocycles. The third-order valence-electron chi connectivity index (χ3n) is 3.92. The van der Waals surface area contributed by atoms with E-state index in [0.29, 0.717) is 19.6 Å². The smallest absolute Gasteiger partial charge is 0.310 e. The van der Waals surface area contributed by atoms with E-state index in [0.717, 1.165) is 31.0 Å². The standard InChI is InChI=1S/C16H23NO5/c1-21-12-3-5-13(6-4-12)22-10-2-8-17-9-7-15(18)14(11-17)16(19)20/h3-6,14-15,18H,2,7-11H2,1H3,(H,19,20)/t14-,15-/m0/s1. The second kappa shape index (κ2) is 8.00. The Kier molecular flexibility index (Phi) is 6.03. The Labute approximate surface area is 130 Å². The van der Waals surface area contributed by atoms with Gasteiger partial charge in [0.1, 0.15) is 11.5 Å². The molecule has 1 fully saturated rings. The third kappa shape index (κ3) is 4.61. The van der Waals surface area contributed by atoms with Crippen LogP contribution in [-0.2, 0) is 4.79 Å². The Bertz CT molecular complexity index is 476. The molecule has 0 unspecified atom stereocenters. The number of ether oxygens (including phenoxy) is 2. The van der Waals surface area contributed by atoms with Gasteiger partial charge in [0, 0.05) is 19.6 Å². The molecule has 6 nitrogen and oxygen atoms in total. The van der Waals surface area contributed by atoms with Crippen LogP contribution in [0.1, 0.15) is 12.8 Å². The molecule has 1 aromatic carbocycles. The van der Waals surface area contributed by atoms with Gasteiger partial charge in [-0.25, -0.2) is 0 Å².